The van der Waals surface area contributed by atoms with E-state index in [-0.39, 0.29) is 0 Å². The second-order valence-electron chi connectivity index (χ2n) is 15.5. The molecule has 0 unspecified atom stereocenters. The maximum atomic E-state index is 5.26. The van der Waals surface area contributed by atoms with Crippen LogP contribution >= 0.6 is 0 Å². The Kier molecular flexibility index (Phi) is 9.05. The van der Waals surface area contributed by atoms with Crippen LogP contribution in [0.5, 0.6) is 0 Å². The summed E-state index contributed by atoms with van der Waals surface area (Å²) in [5, 5.41) is 0. The molecule has 1 aromatic heterocycles. The van der Waals surface area contributed by atoms with Crippen LogP contribution in [0.3, 0.4) is 0 Å². The van der Waals surface area contributed by atoms with Gasteiger partial charge in [0.2, 0.25) is 0 Å². The zero-order valence-electron chi connectivity index (χ0n) is 33.4. The van der Waals surface area contributed by atoms with Gasteiger partial charge in [0.25, 0.3) is 0 Å². The van der Waals surface area contributed by atoms with Gasteiger partial charge in [-0.1, -0.05) is 218 Å². The highest BCUT2D eigenvalue weighted by atomic mass is 15.0. The molecule has 0 fully saturated rings. The number of hydrogen-bond donors (Lipinski definition) is 0. The molecule has 0 spiro atoms. The van der Waals surface area contributed by atoms with Crippen LogP contribution in [0.15, 0.2) is 237 Å². The van der Waals surface area contributed by atoms with E-state index >= 15 is 0 Å². The largest absolute Gasteiger partial charge is 0.208 e. The maximum absolute atomic E-state index is 5.26. The molecule has 3 nitrogen and oxygen atoms in total. The molecule has 9 aromatic carbocycles. The SMILES string of the molecule is c1ccc(-c2cccc(-c3nc(-c4cccc(-c5ccccc5)c4)nc(-c4cccc(-c5cccc6c5C(c5ccccc5)(c5ccccc5)c5ccccc5-6)c4)n3)c2)cc1. The predicted octanol–water partition coefficient (Wildman–Crippen LogP) is 14.2. The van der Waals surface area contributed by atoms with E-state index < -0.39 is 5.41 Å². The summed E-state index contributed by atoms with van der Waals surface area (Å²) in [6.07, 6.45) is 0. The lowest BCUT2D eigenvalue weighted by molar-refractivity contribution is 0.770. The lowest BCUT2D eigenvalue weighted by Gasteiger charge is -2.35. The van der Waals surface area contributed by atoms with Crippen molar-refractivity contribution in [2.75, 3.05) is 0 Å². The van der Waals surface area contributed by atoms with E-state index in [1.807, 2.05) is 12.1 Å². The Morgan fingerprint density at radius 3 is 1.10 bits per heavy atom. The van der Waals surface area contributed by atoms with Crippen LogP contribution in [-0.2, 0) is 5.41 Å². The fraction of sp³-hybridized carbons (Fsp3) is 0.0172. The fourth-order valence-electron chi connectivity index (χ4n) is 9.27. The third-order valence-corrected chi connectivity index (χ3v) is 12.0. The van der Waals surface area contributed by atoms with Crippen LogP contribution in [-0.4, -0.2) is 15.0 Å². The smallest absolute Gasteiger partial charge is 0.164 e. The summed E-state index contributed by atoms with van der Waals surface area (Å²) in [5.74, 6) is 1.86. The molecule has 11 rings (SSSR count). The Bertz CT molecular complexity index is 3040. The standard InChI is InChI=1S/C58H39N3/c1-5-19-40(20-6-1)42-23-15-26-45(37-42)55-59-56(46-27-16-24-43(38-46)41-21-7-2-8-22-41)61-57(60-55)47-28-17-25-44(39-47)50-34-18-35-52-51-33-13-14-36-53(51)58(54(50)52,48-29-9-3-10-30-48)49-31-11-4-12-32-49/h1-39H. The van der Waals surface area contributed by atoms with Crippen molar-refractivity contribution in [3.05, 3.63) is 259 Å². The molecule has 0 bridgehead atoms. The first-order valence-electron chi connectivity index (χ1n) is 20.8. The Morgan fingerprint density at radius 1 is 0.246 bits per heavy atom. The van der Waals surface area contributed by atoms with E-state index in [2.05, 4.69) is 224 Å². The highest BCUT2D eigenvalue weighted by Crippen LogP contribution is 2.58. The molecule has 0 radical (unpaired) electrons. The van der Waals surface area contributed by atoms with Crippen molar-refractivity contribution in [3.8, 4) is 78.7 Å². The number of hydrogen-bond acceptors (Lipinski definition) is 3. The summed E-state index contributed by atoms with van der Waals surface area (Å²) >= 11 is 0. The summed E-state index contributed by atoms with van der Waals surface area (Å²) in [6.45, 7) is 0. The molecular formula is C58H39N3. The number of benzene rings is 9. The van der Waals surface area contributed by atoms with Crippen LogP contribution in [0.1, 0.15) is 22.3 Å². The Morgan fingerprint density at radius 2 is 0.590 bits per heavy atom. The van der Waals surface area contributed by atoms with Gasteiger partial charge in [-0.2, -0.15) is 0 Å². The zero-order valence-corrected chi connectivity index (χ0v) is 33.4. The highest BCUT2D eigenvalue weighted by Gasteiger charge is 2.47. The minimum Gasteiger partial charge on any atom is -0.208 e. The fourth-order valence-corrected chi connectivity index (χ4v) is 9.27. The summed E-state index contributed by atoms with van der Waals surface area (Å²) in [6, 6.07) is 84.2. The summed E-state index contributed by atoms with van der Waals surface area (Å²) in [7, 11) is 0. The molecule has 0 atom stereocenters. The van der Waals surface area contributed by atoms with E-state index in [4.69, 9.17) is 15.0 Å². The van der Waals surface area contributed by atoms with Gasteiger partial charge in [-0.15, -0.1) is 0 Å². The predicted molar refractivity (Wildman–Crippen MR) is 250 cm³/mol. The van der Waals surface area contributed by atoms with E-state index in [0.717, 1.165) is 44.5 Å². The monoisotopic (exact) mass is 777 g/mol. The van der Waals surface area contributed by atoms with Crippen LogP contribution in [0, 0.1) is 0 Å². The van der Waals surface area contributed by atoms with Gasteiger partial charge in [-0.25, -0.2) is 15.0 Å². The van der Waals surface area contributed by atoms with Gasteiger partial charge in [-0.05, 0) is 85.0 Å². The molecule has 3 heteroatoms. The molecule has 61 heavy (non-hydrogen) atoms. The molecule has 0 N–H and O–H groups in total. The molecule has 0 saturated carbocycles. The van der Waals surface area contributed by atoms with Gasteiger partial charge >= 0.3 is 0 Å². The van der Waals surface area contributed by atoms with E-state index in [9.17, 15) is 0 Å². The molecule has 0 aliphatic heterocycles. The quantitative estimate of drug-likeness (QED) is 0.154. The molecule has 1 heterocycles. The number of fused-ring (bicyclic) bond motifs is 3. The minimum atomic E-state index is -0.540. The number of rotatable bonds is 8. The molecule has 0 amide bonds. The highest BCUT2D eigenvalue weighted by molar-refractivity contribution is 5.93. The van der Waals surface area contributed by atoms with Crippen LogP contribution in [0.4, 0.5) is 0 Å². The summed E-state index contributed by atoms with van der Waals surface area (Å²) < 4.78 is 0. The first-order chi connectivity index (χ1) is 30.2. The normalized spacial score (nSPS) is 12.4. The van der Waals surface area contributed by atoms with Crippen LogP contribution in [0.2, 0.25) is 0 Å². The first kappa shape index (κ1) is 36.1. The van der Waals surface area contributed by atoms with Gasteiger partial charge in [0, 0.05) is 16.7 Å². The van der Waals surface area contributed by atoms with Crippen molar-refractivity contribution in [3.63, 3.8) is 0 Å². The zero-order chi connectivity index (χ0) is 40.6. The van der Waals surface area contributed by atoms with E-state index in [1.165, 1.54) is 38.9 Å². The van der Waals surface area contributed by atoms with Crippen molar-refractivity contribution in [2.24, 2.45) is 0 Å². The van der Waals surface area contributed by atoms with Crippen molar-refractivity contribution in [1.82, 2.24) is 15.0 Å². The minimum absolute atomic E-state index is 0.540. The van der Waals surface area contributed by atoms with Crippen molar-refractivity contribution in [2.45, 2.75) is 5.41 Å². The van der Waals surface area contributed by atoms with Gasteiger partial charge in [-0.3, -0.25) is 0 Å². The first-order valence-corrected chi connectivity index (χ1v) is 20.8. The Labute approximate surface area is 356 Å². The molecule has 1 aliphatic rings. The maximum Gasteiger partial charge on any atom is 0.164 e. The number of nitrogens with zero attached hydrogens (tertiary/aromatic N) is 3. The second kappa shape index (κ2) is 15.3. The van der Waals surface area contributed by atoms with Crippen molar-refractivity contribution < 1.29 is 0 Å². The lowest BCUT2D eigenvalue weighted by atomic mass is 9.66. The van der Waals surface area contributed by atoms with Crippen LogP contribution in [0.25, 0.3) is 78.7 Å². The Hall–Kier alpha value is -8.01. The van der Waals surface area contributed by atoms with E-state index in [0.29, 0.717) is 17.5 Å². The Balaban J connectivity index is 1.11. The average Bonchev–Trinajstić information content (AvgIpc) is 3.66. The van der Waals surface area contributed by atoms with E-state index in [1.54, 1.807) is 0 Å². The van der Waals surface area contributed by atoms with Gasteiger partial charge in [0.15, 0.2) is 17.5 Å². The summed E-state index contributed by atoms with van der Waals surface area (Å²) in [5.41, 5.74) is 16.5. The topological polar surface area (TPSA) is 38.7 Å². The third-order valence-electron chi connectivity index (χ3n) is 12.0. The molecule has 0 saturated heterocycles. The molecule has 10 aromatic rings. The van der Waals surface area contributed by atoms with Gasteiger partial charge < -0.3 is 0 Å². The average molecular weight is 778 g/mol. The molecule has 286 valence electrons. The third kappa shape index (κ3) is 6.35. The van der Waals surface area contributed by atoms with Crippen LogP contribution < -0.4 is 0 Å². The van der Waals surface area contributed by atoms with Crippen molar-refractivity contribution in [1.29, 1.82) is 0 Å². The lowest BCUT2D eigenvalue weighted by Crippen LogP contribution is -2.29. The molecular weight excluding hydrogens is 739 g/mol. The second-order valence-corrected chi connectivity index (χ2v) is 15.5. The number of aromatic nitrogens is 3. The van der Waals surface area contributed by atoms with Gasteiger partial charge in [0.05, 0.1) is 5.41 Å². The van der Waals surface area contributed by atoms with Gasteiger partial charge in [0.1, 0.15) is 0 Å². The van der Waals surface area contributed by atoms with Crippen molar-refractivity contribution >= 4 is 0 Å². The summed E-state index contributed by atoms with van der Waals surface area (Å²) in [4.78, 5) is 15.7. The molecule has 1 aliphatic carbocycles.